The number of para-hydroxylation sites is 1. The summed E-state index contributed by atoms with van der Waals surface area (Å²) in [5.41, 5.74) is 1.55. The highest BCUT2D eigenvalue weighted by molar-refractivity contribution is 5.92. The zero-order valence-electron chi connectivity index (χ0n) is 18.8. The number of hydrogen-bond donors (Lipinski definition) is 2. The van der Waals surface area contributed by atoms with Crippen LogP contribution in [0.4, 0.5) is 14.9 Å². The van der Waals surface area contributed by atoms with Crippen LogP contribution in [0.2, 0.25) is 0 Å². The largest absolute Gasteiger partial charge is 0.490 e. The lowest BCUT2D eigenvalue weighted by Crippen LogP contribution is -2.52. The standard InChI is InChI=1S/C25H31FN4O3/c26-20-9-11-21(12-10-20)28-24(31)18-29-13-15-30(16-14-29)25(32)27-17-19-5-1-4-8-23(19)33-22-6-2-3-7-22/h1,4-5,8-12,22H,2-3,6-7,13-18H2,(H,27,32)(H,28,31). The first-order valence-electron chi connectivity index (χ1n) is 11.6. The minimum atomic E-state index is -0.341. The molecule has 7 nitrogen and oxygen atoms in total. The molecule has 1 heterocycles. The quantitative estimate of drug-likeness (QED) is 0.670. The molecule has 1 aliphatic carbocycles. The molecule has 0 aromatic heterocycles. The molecule has 8 heteroatoms. The van der Waals surface area contributed by atoms with Crippen LogP contribution in [0.3, 0.4) is 0 Å². The summed E-state index contributed by atoms with van der Waals surface area (Å²) in [6.07, 6.45) is 4.88. The highest BCUT2D eigenvalue weighted by atomic mass is 19.1. The molecule has 0 spiro atoms. The van der Waals surface area contributed by atoms with Crippen molar-refractivity contribution in [2.24, 2.45) is 0 Å². The fraction of sp³-hybridized carbons (Fsp3) is 0.440. The molecular formula is C25H31FN4O3. The van der Waals surface area contributed by atoms with Gasteiger partial charge in [0.1, 0.15) is 11.6 Å². The number of amides is 3. The molecule has 1 saturated heterocycles. The lowest BCUT2D eigenvalue weighted by Gasteiger charge is -2.34. The Morgan fingerprint density at radius 2 is 1.67 bits per heavy atom. The van der Waals surface area contributed by atoms with E-state index in [9.17, 15) is 14.0 Å². The molecule has 2 aliphatic rings. The number of carbonyl (C=O) groups excluding carboxylic acids is 2. The summed E-state index contributed by atoms with van der Waals surface area (Å²) >= 11 is 0. The van der Waals surface area contributed by atoms with E-state index in [-0.39, 0.29) is 30.4 Å². The lowest BCUT2D eigenvalue weighted by atomic mass is 10.2. The average Bonchev–Trinajstić information content (AvgIpc) is 3.33. The summed E-state index contributed by atoms with van der Waals surface area (Å²) in [4.78, 5) is 28.7. The molecule has 2 fully saturated rings. The smallest absolute Gasteiger partial charge is 0.317 e. The van der Waals surface area contributed by atoms with Crippen molar-refractivity contribution in [1.29, 1.82) is 0 Å². The normalized spacial score (nSPS) is 17.1. The molecule has 2 N–H and O–H groups in total. The predicted molar refractivity (Wildman–Crippen MR) is 125 cm³/mol. The van der Waals surface area contributed by atoms with E-state index in [1.165, 1.54) is 37.1 Å². The van der Waals surface area contributed by atoms with E-state index < -0.39 is 0 Å². The van der Waals surface area contributed by atoms with Crippen molar-refractivity contribution in [3.8, 4) is 5.75 Å². The van der Waals surface area contributed by atoms with Gasteiger partial charge in [-0.3, -0.25) is 9.69 Å². The summed E-state index contributed by atoms with van der Waals surface area (Å²) < 4.78 is 19.1. The molecule has 1 aliphatic heterocycles. The van der Waals surface area contributed by atoms with Gasteiger partial charge in [0.25, 0.3) is 0 Å². The van der Waals surface area contributed by atoms with Crippen LogP contribution < -0.4 is 15.4 Å². The van der Waals surface area contributed by atoms with Crippen LogP contribution in [0.15, 0.2) is 48.5 Å². The Morgan fingerprint density at radius 3 is 2.39 bits per heavy atom. The zero-order chi connectivity index (χ0) is 23.0. The molecule has 176 valence electrons. The lowest BCUT2D eigenvalue weighted by molar-refractivity contribution is -0.117. The molecule has 1 saturated carbocycles. The van der Waals surface area contributed by atoms with Gasteiger partial charge >= 0.3 is 6.03 Å². The predicted octanol–water partition coefficient (Wildman–Crippen LogP) is 3.61. The SMILES string of the molecule is O=C(CN1CCN(C(=O)NCc2ccccc2OC2CCCC2)CC1)Nc1ccc(F)cc1. The number of ether oxygens (including phenoxy) is 1. The van der Waals surface area contributed by atoms with Gasteiger partial charge in [-0.1, -0.05) is 18.2 Å². The Kier molecular flexibility index (Phi) is 7.78. The Bertz CT molecular complexity index is 939. The topological polar surface area (TPSA) is 73.9 Å². The Hall–Kier alpha value is -3.13. The van der Waals surface area contributed by atoms with Crippen molar-refractivity contribution >= 4 is 17.6 Å². The maximum atomic E-state index is 13.0. The van der Waals surface area contributed by atoms with Gasteiger partial charge in [0.2, 0.25) is 5.91 Å². The van der Waals surface area contributed by atoms with Gasteiger partial charge in [0.15, 0.2) is 0 Å². The Morgan fingerprint density at radius 1 is 0.970 bits per heavy atom. The molecule has 0 atom stereocenters. The van der Waals surface area contributed by atoms with E-state index in [1.54, 1.807) is 4.90 Å². The van der Waals surface area contributed by atoms with Crippen molar-refractivity contribution < 1.29 is 18.7 Å². The second kappa shape index (κ2) is 11.1. The van der Waals surface area contributed by atoms with Crippen molar-refractivity contribution in [3.05, 3.63) is 59.9 Å². The third-order valence-electron chi connectivity index (χ3n) is 6.15. The first kappa shape index (κ1) is 23.0. The second-order valence-electron chi connectivity index (χ2n) is 8.61. The Balaban J connectivity index is 1.20. The van der Waals surface area contributed by atoms with Crippen molar-refractivity contribution in [2.45, 2.75) is 38.3 Å². The van der Waals surface area contributed by atoms with Crippen LogP contribution in [-0.4, -0.2) is 60.6 Å². The third kappa shape index (κ3) is 6.68. The number of nitrogens with one attached hydrogen (secondary N) is 2. The van der Waals surface area contributed by atoms with Crippen molar-refractivity contribution in [3.63, 3.8) is 0 Å². The highest BCUT2D eigenvalue weighted by Gasteiger charge is 2.23. The van der Waals surface area contributed by atoms with Crippen LogP contribution in [0, 0.1) is 5.82 Å². The number of rotatable bonds is 7. The molecular weight excluding hydrogens is 423 g/mol. The number of piperazine rings is 1. The average molecular weight is 455 g/mol. The van der Waals surface area contributed by atoms with Gasteiger partial charge < -0.3 is 20.3 Å². The number of halogens is 1. The molecule has 4 rings (SSSR count). The number of hydrogen-bond acceptors (Lipinski definition) is 4. The van der Waals surface area contributed by atoms with Gasteiger partial charge in [-0.15, -0.1) is 0 Å². The van der Waals surface area contributed by atoms with Gasteiger partial charge in [-0.25, -0.2) is 9.18 Å². The van der Waals surface area contributed by atoms with Gasteiger partial charge in [-0.05, 0) is 56.0 Å². The molecule has 0 radical (unpaired) electrons. The van der Waals surface area contributed by atoms with E-state index in [2.05, 4.69) is 10.6 Å². The van der Waals surface area contributed by atoms with Crippen LogP contribution in [0.1, 0.15) is 31.2 Å². The van der Waals surface area contributed by atoms with Crippen LogP contribution in [-0.2, 0) is 11.3 Å². The number of anilines is 1. The summed E-state index contributed by atoms with van der Waals surface area (Å²) in [6.45, 7) is 2.99. The summed E-state index contributed by atoms with van der Waals surface area (Å²) in [5.74, 6) is 0.354. The fourth-order valence-electron chi connectivity index (χ4n) is 4.28. The molecule has 0 bridgehead atoms. The van der Waals surface area contributed by atoms with Crippen LogP contribution >= 0.6 is 0 Å². The monoisotopic (exact) mass is 454 g/mol. The van der Waals surface area contributed by atoms with E-state index in [0.29, 0.717) is 38.4 Å². The minimum absolute atomic E-state index is 0.110. The van der Waals surface area contributed by atoms with E-state index in [0.717, 1.165) is 24.2 Å². The minimum Gasteiger partial charge on any atom is -0.490 e. The van der Waals surface area contributed by atoms with Gasteiger partial charge in [0.05, 0.1) is 12.6 Å². The number of nitrogens with zero attached hydrogens (tertiary/aromatic N) is 2. The van der Waals surface area contributed by atoms with Gasteiger partial charge in [-0.2, -0.15) is 0 Å². The van der Waals surface area contributed by atoms with Crippen LogP contribution in [0.5, 0.6) is 5.75 Å². The third-order valence-corrected chi connectivity index (χ3v) is 6.15. The fourth-order valence-corrected chi connectivity index (χ4v) is 4.28. The first-order chi connectivity index (χ1) is 16.1. The molecule has 2 aromatic rings. The maximum Gasteiger partial charge on any atom is 0.317 e. The molecule has 2 aromatic carbocycles. The summed E-state index contributed by atoms with van der Waals surface area (Å²) in [5, 5.41) is 5.77. The molecule has 0 unspecified atom stereocenters. The van der Waals surface area contributed by atoms with E-state index in [1.807, 2.05) is 29.2 Å². The Labute approximate surface area is 193 Å². The zero-order valence-corrected chi connectivity index (χ0v) is 18.8. The number of benzene rings is 2. The van der Waals surface area contributed by atoms with Crippen molar-refractivity contribution in [1.82, 2.24) is 15.1 Å². The van der Waals surface area contributed by atoms with E-state index in [4.69, 9.17) is 4.74 Å². The van der Waals surface area contributed by atoms with E-state index >= 15 is 0 Å². The summed E-state index contributed by atoms with van der Waals surface area (Å²) in [6, 6.07) is 13.5. The highest BCUT2D eigenvalue weighted by Crippen LogP contribution is 2.26. The first-order valence-corrected chi connectivity index (χ1v) is 11.6. The second-order valence-corrected chi connectivity index (χ2v) is 8.61. The maximum absolute atomic E-state index is 13.0. The van der Waals surface area contributed by atoms with Gasteiger partial charge in [0, 0.05) is 44.0 Å². The number of urea groups is 1. The van der Waals surface area contributed by atoms with Crippen molar-refractivity contribution in [2.75, 3.05) is 38.0 Å². The number of carbonyl (C=O) groups is 2. The molecule has 33 heavy (non-hydrogen) atoms. The van der Waals surface area contributed by atoms with Crippen LogP contribution in [0.25, 0.3) is 0 Å². The molecule has 3 amide bonds. The summed E-state index contributed by atoms with van der Waals surface area (Å²) in [7, 11) is 0.